The number of halogens is 2. The van der Waals surface area contributed by atoms with Gasteiger partial charge in [-0.3, -0.25) is 0 Å². The number of rotatable bonds is 2. The molecule has 2 aromatic heterocycles. The first-order valence-electron chi connectivity index (χ1n) is 5.72. The Morgan fingerprint density at radius 3 is 2.50 bits per heavy atom. The SMILES string of the molecule is Nc1ccc(-c2ncn(-c3ncc(F)cc3F)n2)cc1. The van der Waals surface area contributed by atoms with Crippen LogP contribution < -0.4 is 5.73 Å². The van der Waals surface area contributed by atoms with Crippen LogP contribution in [0.25, 0.3) is 17.2 Å². The maximum Gasteiger partial charge on any atom is 0.191 e. The fourth-order valence-electron chi connectivity index (χ4n) is 1.71. The summed E-state index contributed by atoms with van der Waals surface area (Å²) in [5, 5.41) is 4.11. The van der Waals surface area contributed by atoms with Gasteiger partial charge in [-0.1, -0.05) is 0 Å². The van der Waals surface area contributed by atoms with Crippen molar-refractivity contribution in [2.24, 2.45) is 0 Å². The summed E-state index contributed by atoms with van der Waals surface area (Å²) < 4.78 is 27.6. The first-order valence-corrected chi connectivity index (χ1v) is 5.72. The summed E-state index contributed by atoms with van der Waals surface area (Å²) in [5.74, 6) is -1.26. The normalized spacial score (nSPS) is 10.7. The van der Waals surface area contributed by atoms with Crippen LogP contribution in [-0.4, -0.2) is 19.7 Å². The monoisotopic (exact) mass is 273 g/mol. The van der Waals surface area contributed by atoms with Gasteiger partial charge < -0.3 is 5.73 Å². The van der Waals surface area contributed by atoms with E-state index in [4.69, 9.17) is 5.73 Å². The topological polar surface area (TPSA) is 69.6 Å². The molecule has 100 valence electrons. The lowest BCUT2D eigenvalue weighted by Crippen LogP contribution is -2.02. The van der Waals surface area contributed by atoms with E-state index in [0.717, 1.165) is 22.5 Å². The summed E-state index contributed by atoms with van der Waals surface area (Å²) in [6.45, 7) is 0. The zero-order valence-electron chi connectivity index (χ0n) is 10.2. The number of nitrogens with two attached hydrogens (primary N) is 1. The van der Waals surface area contributed by atoms with E-state index in [1.807, 2.05) is 0 Å². The molecule has 2 N–H and O–H groups in total. The Hall–Kier alpha value is -2.83. The minimum absolute atomic E-state index is 0.111. The van der Waals surface area contributed by atoms with E-state index < -0.39 is 11.6 Å². The minimum Gasteiger partial charge on any atom is -0.399 e. The molecule has 0 aliphatic heterocycles. The van der Waals surface area contributed by atoms with E-state index in [0.29, 0.717) is 11.5 Å². The van der Waals surface area contributed by atoms with Crippen molar-refractivity contribution in [1.29, 1.82) is 0 Å². The molecule has 0 radical (unpaired) electrons. The van der Waals surface area contributed by atoms with Crippen molar-refractivity contribution in [1.82, 2.24) is 19.7 Å². The van der Waals surface area contributed by atoms with Crippen molar-refractivity contribution < 1.29 is 8.78 Å². The lowest BCUT2D eigenvalue weighted by Gasteiger charge is -2.00. The van der Waals surface area contributed by atoms with Gasteiger partial charge >= 0.3 is 0 Å². The van der Waals surface area contributed by atoms with Gasteiger partial charge in [-0.2, -0.15) is 4.68 Å². The van der Waals surface area contributed by atoms with Gasteiger partial charge in [-0.05, 0) is 24.3 Å². The maximum absolute atomic E-state index is 13.6. The molecule has 20 heavy (non-hydrogen) atoms. The molecule has 3 aromatic rings. The second-order valence-electron chi connectivity index (χ2n) is 4.09. The van der Waals surface area contributed by atoms with Crippen LogP contribution in [0.4, 0.5) is 14.5 Å². The highest BCUT2D eigenvalue weighted by atomic mass is 19.1. The molecule has 3 rings (SSSR count). The first kappa shape index (κ1) is 12.2. The van der Waals surface area contributed by atoms with Gasteiger partial charge in [-0.25, -0.2) is 18.7 Å². The smallest absolute Gasteiger partial charge is 0.191 e. The van der Waals surface area contributed by atoms with Gasteiger partial charge in [0.25, 0.3) is 0 Å². The van der Waals surface area contributed by atoms with E-state index in [1.54, 1.807) is 24.3 Å². The Morgan fingerprint density at radius 1 is 1.05 bits per heavy atom. The lowest BCUT2D eigenvalue weighted by molar-refractivity contribution is 0.560. The molecule has 0 aliphatic carbocycles. The average molecular weight is 273 g/mol. The zero-order chi connectivity index (χ0) is 14.1. The quantitative estimate of drug-likeness (QED) is 0.727. The van der Waals surface area contributed by atoms with Crippen LogP contribution in [0.5, 0.6) is 0 Å². The lowest BCUT2D eigenvalue weighted by atomic mass is 10.2. The Morgan fingerprint density at radius 2 is 1.80 bits per heavy atom. The van der Waals surface area contributed by atoms with Crippen LogP contribution >= 0.6 is 0 Å². The average Bonchev–Trinajstić information content (AvgIpc) is 2.89. The van der Waals surface area contributed by atoms with Gasteiger partial charge in [0.2, 0.25) is 0 Å². The molecule has 2 heterocycles. The van der Waals surface area contributed by atoms with Crippen LogP contribution in [0.15, 0.2) is 42.9 Å². The summed E-state index contributed by atoms with van der Waals surface area (Å²) in [6.07, 6.45) is 2.23. The molecule has 0 spiro atoms. The molecule has 1 aromatic carbocycles. The van der Waals surface area contributed by atoms with Crippen molar-refractivity contribution in [3.8, 4) is 17.2 Å². The van der Waals surface area contributed by atoms with Crippen LogP contribution in [0, 0.1) is 11.6 Å². The fourth-order valence-corrected chi connectivity index (χ4v) is 1.71. The minimum atomic E-state index is -0.807. The third-order valence-electron chi connectivity index (χ3n) is 2.67. The Labute approximate surface area is 112 Å². The van der Waals surface area contributed by atoms with Gasteiger partial charge in [-0.15, -0.1) is 5.10 Å². The molecule has 0 atom stereocenters. The Bertz CT molecular complexity index is 752. The van der Waals surface area contributed by atoms with Crippen LogP contribution in [0.1, 0.15) is 0 Å². The molecule has 0 bridgehead atoms. The number of aromatic nitrogens is 4. The van der Waals surface area contributed by atoms with Crippen molar-refractivity contribution >= 4 is 5.69 Å². The van der Waals surface area contributed by atoms with Crippen LogP contribution in [-0.2, 0) is 0 Å². The van der Waals surface area contributed by atoms with E-state index in [-0.39, 0.29) is 5.82 Å². The van der Waals surface area contributed by atoms with E-state index in [1.165, 1.54) is 6.33 Å². The number of nitrogens with zero attached hydrogens (tertiary/aromatic N) is 4. The fraction of sp³-hybridized carbons (Fsp3) is 0. The van der Waals surface area contributed by atoms with E-state index >= 15 is 0 Å². The zero-order valence-corrected chi connectivity index (χ0v) is 10.2. The number of hydrogen-bond donors (Lipinski definition) is 1. The molecule has 0 aliphatic rings. The van der Waals surface area contributed by atoms with Crippen molar-refractivity contribution in [2.45, 2.75) is 0 Å². The van der Waals surface area contributed by atoms with E-state index in [2.05, 4.69) is 15.1 Å². The third-order valence-corrected chi connectivity index (χ3v) is 2.67. The largest absolute Gasteiger partial charge is 0.399 e. The molecule has 0 saturated carbocycles. The number of anilines is 1. The summed E-state index contributed by atoms with van der Waals surface area (Å²) in [5.41, 5.74) is 6.95. The van der Waals surface area contributed by atoms with Gasteiger partial charge in [0, 0.05) is 17.3 Å². The van der Waals surface area contributed by atoms with Gasteiger partial charge in [0.1, 0.15) is 12.1 Å². The predicted molar refractivity (Wildman–Crippen MR) is 68.9 cm³/mol. The highest BCUT2D eigenvalue weighted by molar-refractivity contribution is 5.58. The van der Waals surface area contributed by atoms with Crippen LogP contribution in [0.3, 0.4) is 0 Å². The molecule has 0 amide bonds. The molecule has 7 heteroatoms. The predicted octanol–water partition coefficient (Wildman–Crippen LogP) is 2.19. The number of pyridine rings is 1. The molecule has 0 unspecified atom stereocenters. The number of hydrogen-bond acceptors (Lipinski definition) is 4. The highest BCUT2D eigenvalue weighted by Crippen LogP contribution is 2.17. The molecule has 0 fully saturated rings. The van der Waals surface area contributed by atoms with Crippen LogP contribution in [0.2, 0.25) is 0 Å². The second kappa shape index (κ2) is 4.69. The van der Waals surface area contributed by atoms with Crippen molar-refractivity contribution in [3.05, 3.63) is 54.5 Å². The second-order valence-corrected chi connectivity index (χ2v) is 4.09. The molecule has 5 nitrogen and oxygen atoms in total. The highest BCUT2D eigenvalue weighted by Gasteiger charge is 2.11. The summed E-state index contributed by atoms with van der Waals surface area (Å²) >= 11 is 0. The Balaban J connectivity index is 1.99. The standard InChI is InChI=1S/C13H9F2N5/c14-9-5-11(15)13(17-6-9)20-7-18-12(19-20)8-1-3-10(16)4-2-8/h1-7H,16H2. The summed E-state index contributed by atoms with van der Waals surface area (Å²) in [7, 11) is 0. The summed E-state index contributed by atoms with van der Waals surface area (Å²) in [6, 6.07) is 7.68. The van der Waals surface area contributed by atoms with Gasteiger partial charge in [0.05, 0.1) is 6.20 Å². The molecular formula is C13H9F2N5. The molecule has 0 saturated heterocycles. The number of nitrogen functional groups attached to an aromatic ring is 1. The Kier molecular flexibility index (Phi) is 2.86. The third kappa shape index (κ3) is 2.20. The van der Waals surface area contributed by atoms with E-state index in [9.17, 15) is 8.78 Å². The van der Waals surface area contributed by atoms with Crippen molar-refractivity contribution in [3.63, 3.8) is 0 Å². The van der Waals surface area contributed by atoms with Crippen molar-refractivity contribution in [2.75, 3.05) is 5.73 Å². The summed E-state index contributed by atoms with van der Waals surface area (Å²) in [4.78, 5) is 7.73. The molecular weight excluding hydrogens is 264 g/mol. The number of benzene rings is 1. The maximum atomic E-state index is 13.6. The van der Waals surface area contributed by atoms with Gasteiger partial charge in [0.15, 0.2) is 17.5 Å². The first-order chi connectivity index (χ1) is 9.63.